The summed E-state index contributed by atoms with van der Waals surface area (Å²) in [5.41, 5.74) is 0. The first kappa shape index (κ1) is 13.5. The van der Waals surface area contributed by atoms with Crippen LogP contribution in [0.4, 0.5) is 0 Å². The van der Waals surface area contributed by atoms with Gasteiger partial charge in [-0.1, -0.05) is 41.5 Å². The Morgan fingerprint density at radius 3 is 2.00 bits per heavy atom. The van der Waals surface area contributed by atoms with Gasteiger partial charge in [0.05, 0.1) is 0 Å². The van der Waals surface area contributed by atoms with Crippen LogP contribution >= 0.6 is 0 Å². The third-order valence-electron chi connectivity index (χ3n) is 3.82. The van der Waals surface area contributed by atoms with Gasteiger partial charge in [0.1, 0.15) is 0 Å². The maximum absolute atomic E-state index is 12.2. The maximum Gasteiger partial charge on any atom is 0.225 e. The summed E-state index contributed by atoms with van der Waals surface area (Å²) in [7, 11) is 0. The first-order chi connectivity index (χ1) is 7.36. The summed E-state index contributed by atoms with van der Waals surface area (Å²) in [6.07, 6.45) is 1.18. The summed E-state index contributed by atoms with van der Waals surface area (Å²) < 4.78 is 0. The number of hydrogen-bond donors (Lipinski definition) is 0. The molecule has 1 aliphatic heterocycles. The molecule has 0 radical (unpaired) electrons. The molecule has 0 aromatic heterocycles. The van der Waals surface area contributed by atoms with E-state index in [0.29, 0.717) is 29.7 Å². The third kappa shape index (κ3) is 2.58. The summed E-state index contributed by atoms with van der Waals surface area (Å²) in [4.78, 5) is 14.3. The van der Waals surface area contributed by atoms with Crippen molar-refractivity contribution in [1.82, 2.24) is 4.90 Å². The van der Waals surface area contributed by atoms with E-state index in [0.717, 1.165) is 6.54 Å². The molecule has 2 heteroatoms. The highest BCUT2D eigenvalue weighted by atomic mass is 16.2. The van der Waals surface area contributed by atoms with Crippen LogP contribution in [0.3, 0.4) is 0 Å². The van der Waals surface area contributed by atoms with Crippen LogP contribution in [-0.2, 0) is 4.79 Å². The Balaban J connectivity index is 2.84. The topological polar surface area (TPSA) is 20.3 Å². The Hall–Kier alpha value is -0.530. The standard InChI is InChI=1S/C14H27NO/c1-9(2)12-7-8-15(13(12)10(3)4)14(16)11(5)6/h9-13H,7-8H2,1-6H3/t12-,13-/m1/s1. The van der Waals surface area contributed by atoms with Crippen molar-refractivity contribution in [3.63, 3.8) is 0 Å². The lowest BCUT2D eigenvalue weighted by atomic mass is 9.83. The van der Waals surface area contributed by atoms with Crippen LogP contribution in [0.2, 0.25) is 0 Å². The van der Waals surface area contributed by atoms with Gasteiger partial charge in [0, 0.05) is 18.5 Å². The van der Waals surface area contributed by atoms with E-state index in [9.17, 15) is 4.79 Å². The molecule has 1 fully saturated rings. The van der Waals surface area contributed by atoms with Crippen molar-refractivity contribution in [1.29, 1.82) is 0 Å². The lowest BCUT2D eigenvalue weighted by molar-refractivity contribution is -0.136. The predicted molar refractivity (Wildman–Crippen MR) is 68.1 cm³/mol. The Morgan fingerprint density at radius 2 is 1.62 bits per heavy atom. The third-order valence-corrected chi connectivity index (χ3v) is 3.82. The van der Waals surface area contributed by atoms with E-state index in [1.165, 1.54) is 6.42 Å². The number of rotatable bonds is 3. The van der Waals surface area contributed by atoms with Crippen LogP contribution in [0, 0.1) is 23.7 Å². The number of nitrogens with zero attached hydrogens (tertiary/aromatic N) is 1. The van der Waals surface area contributed by atoms with Gasteiger partial charge in [0.15, 0.2) is 0 Å². The van der Waals surface area contributed by atoms with E-state index < -0.39 is 0 Å². The summed E-state index contributed by atoms with van der Waals surface area (Å²) in [6, 6.07) is 0.454. The molecular formula is C14H27NO. The smallest absolute Gasteiger partial charge is 0.225 e. The Morgan fingerprint density at radius 1 is 1.06 bits per heavy atom. The lowest BCUT2D eigenvalue weighted by Gasteiger charge is -2.34. The molecule has 0 N–H and O–H groups in total. The van der Waals surface area contributed by atoms with Gasteiger partial charge in [-0.25, -0.2) is 0 Å². The van der Waals surface area contributed by atoms with Gasteiger partial charge in [0.25, 0.3) is 0 Å². The summed E-state index contributed by atoms with van der Waals surface area (Å²) in [5, 5.41) is 0. The van der Waals surface area contributed by atoms with Crippen molar-refractivity contribution in [2.45, 2.75) is 54.0 Å². The highest BCUT2D eigenvalue weighted by Crippen LogP contribution is 2.35. The molecule has 94 valence electrons. The zero-order valence-corrected chi connectivity index (χ0v) is 11.7. The van der Waals surface area contributed by atoms with Crippen molar-refractivity contribution < 1.29 is 4.79 Å². The second-order valence-electron chi connectivity index (χ2n) is 6.12. The first-order valence-corrected chi connectivity index (χ1v) is 6.66. The van der Waals surface area contributed by atoms with Gasteiger partial charge >= 0.3 is 0 Å². The normalized spacial score (nSPS) is 26.2. The van der Waals surface area contributed by atoms with Crippen LogP contribution < -0.4 is 0 Å². The zero-order valence-electron chi connectivity index (χ0n) is 11.7. The minimum Gasteiger partial charge on any atom is -0.339 e. The van der Waals surface area contributed by atoms with Crippen LogP contribution in [0.15, 0.2) is 0 Å². The molecule has 0 unspecified atom stereocenters. The van der Waals surface area contributed by atoms with E-state index in [-0.39, 0.29) is 5.92 Å². The number of carbonyl (C=O) groups is 1. The average Bonchev–Trinajstić information content (AvgIpc) is 2.60. The zero-order chi connectivity index (χ0) is 12.5. The van der Waals surface area contributed by atoms with Crippen molar-refractivity contribution >= 4 is 5.91 Å². The Bertz CT molecular complexity index is 245. The molecule has 1 amide bonds. The molecule has 0 bridgehead atoms. The summed E-state index contributed by atoms with van der Waals surface area (Å²) in [6.45, 7) is 14.0. The highest BCUT2D eigenvalue weighted by Gasteiger charge is 2.40. The van der Waals surface area contributed by atoms with Crippen LogP contribution in [0.25, 0.3) is 0 Å². The molecule has 1 heterocycles. The quantitative estimate of drug-likeness (QED) is 0.722. The van der Waals surface area contributed by atoms with Crippen LogP contribution in [-0.4, -0.2) is 23.4 Å². The minimum absolute atomic E-state index is 0.132. The molecular weight excluding hydrogens is 198 g/mol. The lowest BCUT2D eigenvalue weighted by Crippen LogP contribution is -2.44. The molecule has 2 nitrogen and oxygen atoms in total. The van der Waals surface area contributed by atoms with Gasteiger partial charge in [-0.2, -0.15) is 0 Å². The molecule has 0 aromatic rings. The van der Waals surface area contributed by atoms with E-state index in [1.807, 2.05) is 13.8 Å². The molecule has 1 rings (SSSR count). The average molecular weight is 225 g/mol. The number of likely N-dealkylation sites (tertiary alicyclic amines) is 1. The summed E-state index contributed by atoms with van der Waals surface area (Å²) in [5.74, 6) is 2.40. The van der Waals surface area contributed by atoms with Gasteiger partial charge in [-0.3, -0.25) is 4.79 Å². The number of amides is 1. The molecule has 0 spiro atoms. The van der Waals surface area contributed by atoms with Gasteiger partial charge in [-0.05, 0) is 24.2 Å². The molecule has 1 saturated heterocycles. The fraction of sp³-hybridized carbons (Fsp3) is 0.929. The Kier molecular flexibility index (Phi) is 4.40. The van der Waals surface area contributed by atoms with Gasteiger partial charge in [-0.15, -0.1) is 0 Å². The molecule has 2 atom stereocenters. The van der Waals surface area contributed by atoms with E-state index >= 15 is 0 Å². The SMILES string of the molecule is CC(C)C(=O)N1CC[C@H](C(C)C)[C@H]1C(C)C. The van der Waals surface area contributed by atoms with Gasteiger partial charge < -0.3 is 4.90 Å². The predicted octanol–water partition coefficient (Wildman–Crippen LogP) is 3.17. The fourth-order valence-corrected chi connectivity index (χ4v) is 3.01. The Labute approximate surface area is 100 Å². The van der Waals surface area contributed by atoms with Gasteiger partial charge in [0.2, 0.25) is 5.91 Å². The van der Waals surface area contributed by atoms with Crippen LogP contribution in [0.5, 0.6) is 0 Å². The van der Waals surface area contributed by atoms with Crippen molar-refractivity contribution in [3.8, 4) is 0 Å². The fourth-order valence-electron chi connectivity index (χ4n) is 3.01. The van der Waals surface area contributed by atoms with Crippen molar-refractivity contribution in [3.05, 3.63) is 0 Å². The van der Waals surface area contributed by atoms with E-state index in [1.54, 1.807) is 0 Å². The van der Waals surface area contributed by atoms with Crippen molar-refractivity contribution in [2.24, 2.45) is 23.7 Å². The monoisotopic (exact) mass is 225 g/mol. The maximum atomic E-state index is 12.2. The molecule has 0 saturated carbocycles. The van der Waals surface area contributed by atoms with Crippen LogP contribution in [0.1, 0.15) is 48.0 Å². The summed E-state index contributed by atoms with van der Waals surface area (Å²) >= 11 is 0. The minimum atomic E-state index is 0.132. The molecule has 16 heavy (non-hydrogen) atoms. The van der Waals surface area contributed by atoms with E-state index in [2.05, 4.69) is 32.6 Å². The van der Waals surface area contributed by atoms with Crippen molar-refractivity contribution in [2.75, 3.05) is 6.54 Å². The largest absolute Gasteiger partial charge is 0.339 e. The first-order valence-electron chi connectivity index (χ1n) is 6.66. The second-order valence-corrected chi connectivity index (χ2v) is 6.12. The molecule has 1 aliphatic rings. The molecule has 0 aliphatic carbocycles. The highest BCUT2D eigenvalue weighted by molar-refractivity contribution is 5.78. The second kappa shape index (κ2) is 5.20. The molecule has 0 aromatic carbocycles. The number of carbonyl (C=O) groups excluding carboxylic acids is 1. The number of hydrogen-bond acceptors (Lipinski definition) is 1. The van der Waals surface area contributed by atoms with E-state index in [4.69, 9.17) is 0 Å².